The van der Waals surface area contributed by atoms with Crippen LogP contribution in [0.5, 0.6) is 0 Å². The largest absolute Gasteiger partial charge is 0.472 e. The first-order chi connectivity index (χ1) is 26.2. The number of ether oxygens (including phenoxy) is 2. The highest BCUT2D eigenvalue weighted by molar-refractivity contribution is 7.47. The molecule has 0 bridgehead atoms. The fourth-order valence-corrected chi connectivity index (χ4v) is 5.53. The molecule has 0 aromatic heterocycles. The van der Waals surface area contributed by atoms with Crippen LogP contribution < -0.4 is 5.73 Å². The Hall–Kier alpha value is -2.85. The van der Waals surface area contributed by atoms with Gasteiger partial charge in [0.1, 0.15) is 6.61 Å². The second-order valence-electron chi connectivity index (χ2n) is 13.0. The summed E-state index contributed by atoms with van der Waals surface area (Å²) in [5.74, 6) is -0.972. The molecular weight excluding hydrogens is 705 g/mol. The molecule has 308 valence electrons. The molecule has 0 saturated carbocycles. The summed E-state index contributed by atoms with van der Waals surface area (Å²) >= 11 is 0. The number of nitrogens with two attached hydrogens (primary N) is 1. The van der Waals surface area contributed by atoms with Gasteiger partial charge >= 0.3 is 19.8 Å². The van der Waals surface area contributed by atoms with E-state index in [9.17, 15) is 24.2 Å². The van der Waals surface area contributed by atoms with Crippen LogP contribution >= 0.6 is 7.82 Å². The Balaban J connectivity index is 4.41. The molecule has 11 heteroatoms. The third-order valence-electron chi connectivity index (χ3n) is 7.82. The molecule has 1 unspecified atom stereocenters. The number of carbonyl (C=O) groups excluding carboxylic acids is 2. The fraction of sp³-hybridized carbons (Fsp3) is 0.628. The summed E-state index contributed by atoms with van der Waals surface area (Å²) in [5.41, 5.74) is 5.33. The van der Waals surface area contributed by atoms with Crippen LogP contribution in [-0.4, -0.2) is 60.5 Å². The minimum Gasteiger partial charge on any atom is -0.462 e. The van der Waals surface area contributed by atoms with Crippen LogP contribution in [0.3, 0.4) is 0 Å². The fourth-order valence-electron chi connectivity index (χ4n) is 4.77. The van der Waals surface area contributed by atoms with Crippen LogP contribution in [0.25, 0.3) is 0 Å². The standard InChI is InChI=1S/C43H72NO9P/c1-3-5-7-8-9-10-11-12-13-14-19-22-25-28-31-35-43(47)53-41(39-52-54(48,49)51-37-36-44)38-50-42(46)34-30-27-24-21-18-16-15-17-20-23-26-29-33-40(45)32-6-4-2/h9-10,12-13,15-16,19-24,29,33,40-41,45H,3-8,11,14,17-18,25-28,30-32,34-39,44H2,1-2H3,(H,48,49)/b10-9-,13-12-,16-15-,22-19-,23-20-,24-21-,33-29-/t40-,41+/m0/s1. The zero-order chi connectivity index (χ0) is 39.8. The number of aliphatic hydroxyl groups is 1. The van der Waals surface area contributed by atoms with Crippen LogP contribution in [0.2, 0.25) is 0 Å². The van der Waals surface area contributed by atoms with Crippen molar-refractivity contribution < 1.29 is 42.7 Å². The maximum absolute atomic E-state index is 12.5. The third kappa shape index (κ3) is 37.5. The number of unbranched alkanes of at least 4 members (excludes halogenated alkanes) is 7. The number of aliphatic hydroxyl groups excluding tert-OH is 1. The molecule has 0 rings (SSSR count). The van der Waals surface area contributed by atoms with Gasteiger partial charge in [-0.3, -0.25) is 18.6 Å². The van der Waals surface area contributed by atoms with Crippen LogP contribution in [0.4, 0.5) is 0 Å². The van der Waals surface area contributed by atoms with Gasteiger partial charge < -0.3 is 25.2 Å². The molecule has 0 heterocycles. The number of carbonyl (C=O) groups is 2. The van der Waals surface area contributed by atoms with Crippen molar-refractivity contribution >= 4 is 19.8 Å². The molecule has 0 radical (unpaired) electrons. The second kappa shape index (κ2) is 38.4. The first-order valence-electron chi connectivity index (χ1n) is 20.2. The highest BCUT2D eigenvalue weighted by Crippen LogP contribution is 2.43. The summed E-state index contributed by atoms with van der Waals surface area (Å²) in [5, 5.41) is 9.80. The molecule has 0 aliphatic heterocycles. The number of hydrogen-bond acceptors (Lipinski definition) is 9. The maximum Gasteiger partial charge on any atom is 0.472 e. The normalized spacial score (nSPS) is 14.8. The Kier molecular flexibility index (Phi) is 36.4. The molecular formula is C43H72NO9P. The van der Waals surface area contributed by atoms with E-state index in [1.165, 1.54) is 19.3 Å². The Morgan fingerprint density at radius 2 is 1.13 bits per heavy atom. The molecule has 0 aromatic rings. The lowest BCUT2D eigenvalue weighted by Crippen LogP contribution is -2.29. The lowest BCUT2D eigenvalue weighted by atomic mass is 10.1. The number of rotatable bonds is 36. The van der Waals surface area contributed by atoms with E-state index in [4.69, 9.17) is 24.3 Å². The predicted molar refractivity (Wildman–Crippen MR) is 221 cm³/mol. The van der Waals surface area contributed by atoms with Crippen molar-refractivity contribution in [2.75, 3.05) is 26.4 Å². The smallest absolute Gasteiger partial charge is 0.462 e. The highest BCUT2D eigenvalue weighted by atomic mass is 31.2. The minimum atomic E-state index is -4.41. The molecule has 0 saturated heterocycles. The van der Waals surface area contributed by atoms with Crippen LogP contribution in [-0.2, 0) is 32.7 Å². The summed E-state index contributed by atoms with van der Waals surface area (Å²) in [6, 6.07) is 0. The number of phosphoric acid groups is 1. The first kappa shape index (κ1) is 51.1. The Labute approximate surface area is 326 Å². The second-order valence-corrected chi connectivity index (χ2v) is 14.4. The molecule has 0 spiro atoms. The zero-order valence-corrected chi connectivity index (χ0v) is 34.2. The molecule has 54 heavy (non-hydrogen) atoms. The van der Waals surface area contributed by atoms with Gasteiger partial charge in [0, 0.05) is 19.4 Å². The van der Waals surface area contributed by atoms with Gasteiger partial charge in [0.05, 0.1) is 19.3 Å². The van der Waals surface area contributed by atoms with Gasteiger partial charge in [-0.15, -0.1) is 0 Å². The Morgan fingerprint density at radius 1 is 0.630 bits per heavy atom. The van der Waals surface area contributed by atoms with Crippen molar-refractivity contribution in [2.45, 2.75) is 148 Å². The molecule has 0 fully saturated rings. The molecule has 0 aromatic carbocycles. The van der Waals surface area contributed by atoms with Crippen LogP contribution in [0, 0.1) is 0 Å². The molecule has 3 atom stereocenters. The summed E-state index contributed by atoms with van der Waals surface area (Å²) in [4.78, 5) is 34.7. The number of allylic oxidation sites excluding steroid dienone is 13. The first-order valence-corrected chi connectivity index (χ1v) is 21.6. The van der Waals surface area contributed by atoms with Gasteiger partial charge in [-0.05, 0) is 83.5 Å². The van der Waals surface area contributed by atoms with Crippen LogP contribution in [0.15, 0.2) is 85.1 Å². The van der Waals surface area contributed by atoms with Crippen molar-refractivity contribution in [1.29, 1.82) is 0 Å². The van der Waals surface area contributed by atoms with E-state index in [1.807, 2.05) is 24.3 Å². The van der Waals surface area contributed by atoms with E-state index in [1.54, 1.807) is 0 Å². The van der Waals surface area contributed by atoms with E-state index < -0.39 is 32.5 Å². The van der Waals surface area contributed by atoms with Crippen molar-refractivity contribution in [2.24, 2.45) is 5.73 Å². The average molecular weight is 778 g/mol. The van der Waals surface area contributed by atoms with Gasteiger partial charge in [0.2, 0.25) is 0 Å². The van der Waals surface area contributed by atoms with E-state index >= 15 is 0 Å². The number of phosphoric ester groups is 1. The summed E-state index contributed by atoms with van der Waals surface area (Å²) < 4.78 is 32.6. The Morgan fingerprint density at radius 3 is 1.69 bits per heavy atom. The summed E-state index contributed by atoms with van der Waals surface area (Å²) in [6.07, 6.45) is 43.9. The van der Waals surface area contributed by atoms with Crippen molar-refractivity contribution in [3.05, 3.63) is 85.1 Å². The maximum atomic E-state index is 12.5. The molecule has 10 nitrogen and oxygen atoms in total. The van der Waals surface area contributed by atoms with Crippen molar-refractivity contribution in [3.63, 3.8) is 0 Å². The lowest BCUT2D eigenvalue weighted by molar-refractivity contribution is -0.161. The van der Waals surface area contributed by atoms with E-state index in [-0.39, 0.29) is 38.7 Å². The topological polar surface area (TPSA) is 155 Å². The van der Waals surface area contributed by atoms with Crippen molar-refractivity contribution in [1.82, 2.24) is 0 Å². The minimum absolute atomic E-state index is 0.0291. The van der Waals surface area contributed by atoms with E-state index in [0.29, 0.717) is 19.3 Å². The molecule has 4 N–H and O–H groups in total. The zero-order valence-electron chi connectivity index (χ0n) is 33.3. The Bertz CT molecular complexity index is 1180. The summed E-state index contributed by atoms with van der Waals surface area (Å²) in [6.45, 7) is 3.39. The quantitative estimate of drug-likeness (QED) is 0.0242. The van der Waals surface area contributed by atoms with Crippen LogP contribution in [0.1, 0.15) is 136 Å². The monoisotopic (exact) mass is 777 g/mol. The highest BCUT2D eigenvalue weighted by Gasteiger charge is 2.25. The van der Waals surface area contributed by atoms with Gasteiger partial charge in [-0.1, -0.05) is 125 Å². The lowest BCUT2D eigenvalue weighted by Gasteiger charge is -2.19. The van der Waals surface area contributed by atoms with Gasteiger partial charge in [-0.2, -0.15) is 0 Å². The molecule has 0 amide bonds. The van der Waals surface area contributed by atoms with Crippen molar-refractivity contribution in [3.8, 4) is 0 Å². The molecule has 0 aliphatic rings. The van der Waals surface area contributed by atoms with E-state index in [0.717, 1.165) is 70.6 Å². The molecule has 0 aliphatic carbocycles. The predicted octanol–water partition coefficient (Wildman–Crippen LogP) is 10.2. The third-order valence-corrected chi connectivity index (χ3v) is 8.81. The average Bonchev–Trinajstić information content (AvgIpc) is 3.15. The van der Waals surface area contributed by atoms with Gasteiger partial charge in [0.25, 0.3) is 0 Å². The van der Waals surface area contributed by atoms with Gasteiger partial charge in [-0.25, -0.2) is 4.57 Å². The van der Waals surface area contributed by atoms with Gasteiger partial charge in [0.15, 0.2) is 6.10 Å². The SMILES string of the molecule is CCCCC/C=C\C/C=C\C/C=C\CCCCC(=O)O[C@H](COC(=O)CCC/C=C\C/C=C\C/C=C\C/C=C\[C@@H](O)CCCC)COP(=O)(O)OCCN. The number of esters is 2. The van der Waals surface area contributed by atoms with E-state index in [2.05, 4.69) is 74.6 Å². The number of hydrogen-bond donors (Lipinski definition) is 3. The summed E-state index contributed by atoms with van der Waals surface area (Å²) in [7, 11) is -4.41.